The lowest BCUT2D eigenvalue weighted by atomic mass is 9.92. The highest BCUT2D eigenvalue weighted by molar-refractivity contribution is 6.28. The van der Waals surface area contributed by atoms with Crippen LogP contribution >= 0.6 is 0 Å². The largest absolute Gasteiger partial charge is 0.494 e. The number of rotatable bonds is 72. The zero-order chi connectivity index (χ0) is 68.1. The molecule has 0 fully saturated rings. The lowest BCUT2D eigenvalue weighted by Gasteiger charge is -2.23. The number of fused-ring (bicyclic) bond motifs is 6. The molecule has 0 aliphatic heterocycles. The van der Waals surface area contributed by atoms with Gasteiger partial charge in [0, 0.05) is 5.39 Å². The van der Waals surface area contributed by atoms with Gasteiger partial charge in [0.2, 0.25) is 5.75 Å². The highest BCUT2D eigenvalue weighted by Crippen LogP contribution is 2.52. The minimum Gasteiger partial charge on any atom is -0.494 e. The molecular formula is C90H156O6. The van der Waals surface area contributed by atoms with Gasteiger partial charge in [-0.3, -0.25) is 0 Å². The van der Waals surface area contributed by atoms with Crippen LogP contribution in [0.15, 0.2) is 36.4 Å². The Labute approximate surface area is 594 Å². The van der Waals surface area contributed by atoms with Crippen molar-refractivity contribution in [3.05, 3.63) is 36.4 Å². The Balaban J connectivity index is 1.81. The summed E-state index contributed by atoms with van der Waals surface area (Å²) in [6, 6.07) is 13.9. The molecule has 96 heavy (non-hydrogen) atoms. The molecular weight excluding hydrogens is 1180 g/mol. The van der Waals surface area contributed by atoms with Crippen LogP contribution in [0.4, 0.5) is 0 Å². The average molecular weight is 1330 g/mol. The Morgan fingerprint density at radius 1 is 0.177 bits per heavy atom. The van der Waals surface area contributed by atoms with Crippen molar-refractivity contribution >= 4 is 32.3 Å². The molecule has 0 atom stereocenters. The highest BCUT2D eigenvalue weighted by atomic mass is 16.5. The van der Waals surface area contributed by atoms with E-state index >= 15 is 0 Å². The molecule has 552 valence electrons. The molecule has 0 amide bonds. The van der Waals surface area contributed by atoms with Crippen LogP contribution < -0.4 is 28.4 Å². The zero-order valence-corrected chi connectivity index (χ0v) is 64.6. The van der Waals surface area contributed by atoms with Gasteiger partial charge in [0.05, 0.1) is 39.6 Å². The predicted molar refractivity (Wildman–Crippen MR) is 423 cm³/mol. The summed E-state index contributed by atoms with van der Waals surface area (Å²) in [7, 11) is 0. The smallest absolute Gasteiger partial charge is 0.204 e. The summed E-state index contributed by atoms with van der Waals surface area (Å²) >= 11 is 0. The SMILES string of the molecule is CCCCCCCCCCCCOc1ccc2c(c1)c1cc(OCCCCCCCCCCCC)c(OCCCCCCCCCCCC)cc1c1c(OCCCCCCCCCCCC)c(OCCCCCCCCCCCC)c(OCCCCCCCCCCCC)cc21. The van der Waals surface area contributed by atoms with Crippen molar-refractivity contribution in [1.82, 2.24) is 0 Å². The van der Waals surface area contributed by atoms with Crippen LogP contribution in [-0.4, -0.2) is 39.6 Å². The predicted octanol–water partition coefficient (Wildman–Crippen LogP) is 30.9. The van der Waals surface area contributed by atoms with E-state index in [2.05, 4.69) is 77.9 Å². The van der Waals surface area contributed by atoms with E-state index in [-0.39, 0.29) is 0 Å². The highest BCUT2D eigenvalue weighted by Gasteiger charge is 2.25. The summed E-state index contributed by atoms with van der Waals surface area (Å²) in [5, 5.41) is 6.85. The molecule has 0 radical (unpaired) electrons. The molecule has 0 aromatic heterocycles. The first-order chi connectivity index (χ1) is 47.6. The van der Waals surface area contributed by atoms with Crippen LogP contribution in [0, 0.1) is 0 Å². The Bertz CT molecular complexity index is 2390. The fourth-order valence-corrected chi connectivity index (χ4v) is 14.4. The van der Waals surface area contributed by atoms with Crippen molar-refractivity contribution in [2.24, 2.45) is 0 Å². The maximum Gasteiger partial charge on any atom is 0.204 e. The van der Waals surface area contributed by atoms with E-state index < -0.39 is 0 Å². The van der Waals surface area contributed by atoms with Crippen molar-refractivity contribution in [2.45, 2.75) is 427 Å². The number of unbranched alkanes of at least 4 members (excludes halogenated alkanes) is 54. The maximum atomic E-state index is 7.41. The van der Waals surface area contributed by atoms with Gasteiger partial charge in [0.1, 0.15) is 5.75 Å². The van der Waals surface area contributed by atoms with Crippen molar-refractivity contribution < 1.29 is 28.4 Å². The van der Waals surface area contributed by atoms with Crippen molar-refractivity contribution in [3.63, 3.8) is 0 Å². The van der Waals surface area contributed by atoms with Gasteiger partial charge in [-0.05, 0) is 95.8 Å². The van der Waals surface area contributed by atoms with Gasteiger partial charge in [-0.2, -0.15) is 0 Å². The lowest BCUT2D eigenvalue weighted by Crippen LogP contribution is -2.07. The molecule has 0 heterocycles. The first-order valence-electron chi connectivity index (χ1n) is 42.9. The van der Waals surface area contributed by atoms with E-state index in [9.17, 15) is 0 Å². The van der Waals surface area contributed by atoms with E-state index in [0.717, 1.165) is 101 Å². The third-order valence-electron chi connectivity index (χ3n) is 20.6. The fourth-order valence-electron chi connectivity index (χ4n) is 14.4. The summed E-state index contributed by atoms with van der Waals surface area (Å²) in [4.78, 5) is 0. The van der Waals surface area contributed by atoms with Crippen LogP contribution in [-0.2, 0) is 0 Å². The average Bonchev–Trinajstić information content (AvgIpc) is 0.723. The zero-order valence-electron chi connectivity index (χ0n) is 64.6. The first-order valence-corrected chi connectivity index (χ1v) is 42.9. The first kappa shape index (κ1) is 84.9. The third-order valence-corrected chi connectivity index (χ3v) is 20.6. The van der Waals surface area contributed by atoms with Crippen LogP contribution in [0.5, 0.6) is 34.5 Å². The molecule has 0 N–H and O–H groups in total. The van der Waals surface area contributed by atoms with E-state index in [0.29, 0.717) is 33.0 Å². The Morgan fingerprint density at radius 2 is 0.396 bits per heavy atom. The summed E-state index contributed by atoms with van der Waals surface area (Å²) < 4.78 is 42.6. The van der Waals surface area contributed by atoms with Gasteiger partial charge >= 0.3 is 0 Å². The molecule has 0 unspecified atom stereocenters. The second-order valence-electron chi connectivity index (χ2n) is 29.7. The summed E-state index contributed by atoms with van der Waals surface area (Å²) in [6.07, 6.45) is 77.7. The second-order valence-corrected chi connectivity index (χ2v) is 29.7. The molecule has 0 saturated carbocycles. The number of hydrogen-bond donors (Lipinski definition) is 0. The van der Waals surface area contributed by atoms with E-state index in [4.69, 9.17) is 28.4 Å². The lowest BCUT2D eigenvalue weighted by molar-refractivity contribution is 0.236. The summed E-state index contributed by atoms with van der Waals surface area (Å²) in [5.41, 5.74) is 0. The summed E-state index contributed by atoms with van der Waals surface area (Å²) in [5.74, 6) is 5.06. The van der Waals surface area contributed by atoms with Crippen LogP contribution in [0.2, 0.25) is 0 Å². The molecule has 4 rings (SSSR count). The molecule has 4 aromatic rings. The van der Waals surface area contributed by atoms with Gasteiger partial charge < -0.3 is 28.4 Å². The topological polar surface area (TPSA) is 55.4 Å². The van der Waals surface area contributed by atoms with E-state index in [1.807, 2.05) is 0 Å². The Kier molecular flexibility index (Phi) is 54.2. The minimum atomic E-state index is 0.634. The van der Waals surface area contributed by atoms with Gasteiger partial charge in [-0.25, -0.2) is 0 Å². The number of hydrogen-bond acceptors (Lipinski definition) is 6. The molecule has 0 aliphatic carbocycles. The molecule has 6 heteroatoms. The minimum absolute atomic E-state index is 0.634. The number of ether oxygens (including phenoxy) is 6. The molecule has 4 aromatic carbocycles. The van der Waals surface area contributed by atoms with Crippen molar-refractivity contribution in [1.29, 1.82) is 0 Å². The quantitative estimate of drug-likeness (QED) is 0.0324. The van der Waals surface area contributed by atoms with Gasteiger partial charge in [0.15, 0.2) is 23.0 Å². The van der Waals surface area contributed by atoms with Crippen molar-refractivity contribution in [3.8, 4) is 34.5 Å². The Hall–Kier alpha value is -3.54. The normalized spacial score (nSPS) is 11.7. The van der Waals surface area contributed by atoms with Crippen LogP contribution in [0.1, 0.15) is 427 Å². The van der Waals surface area contributed by atoms with Gasteiger partial charge in [-0.1, -0.05) is 394 Å². The Morgan fingerprint density at radius 3 is 0.708 bits per heavy atom. The van der Waals surface area contributed by atoms with E-state index in [1.54, 1.807) is 0 Å². The second kappa shape index (κ2) is 61.3. The van der Waals surface area contributed by atoms with Crippen molar-refractivity contribution in [2.75, 3.05) is 39.6 Å². The summed E-state index contributed by atoms with van der Waals surface area (Å²) in [6.45, 7) is 17.9. The standard InChI is InChI=1S/C90H156O6/c1-7-13-19-25-31-37-43-49-55-61-69-91-79-67-68-80-81(75-79)82-76-85(92-70-62-56-50-44-38-32-26-20-14-8-2)86(93-71-63-57-51-45-39-33-27-21-15-9-3)77-84(82)88-83(80)78-87(94-72-64-58-52-46-40-34-28-22-16-10-4)89(95-73-65-59-53-47-41-35-29-23-17-11-5)90(88)96-74-66-60-54-48-42-36-30-24-18-12-6/h67-68,75-78H,7-66,69-74H2,1-6H3. The fraction of sp³-hybridized carbons (Fsp3) is 0.800. The molecule has 0 spiro atoms. The maximum absolute atomic E-state index is 7.41. The van der Waals surface area contributed by atoms with Gasteiger partial charge in [0.25, 0.3) is 0 Å². The molecule has 0 saturated heterocycles. The third kappa shape index (κ3) is 39.5. The monoisotopic (exact) mass is 1330 g/mol. The number of benzene rings is 4. The van der Waals surface area contributed by atoms with Crippen LogP contribution in [0.25, 0.3) is 32.3 Å². The molecule has 6 nitrogen and oxygen atoms in total. The van der Waals surface area contributed by atoms with E-state index in [1.165, 1.54) is 357 Å². The van der Waals surface area contributed by atoms with Crippen LogP contribution in [0.3, 0.4) is 0 Å². The van der Waals surface area contributed by atoms with Gasteiger partial charge in [-0.15, -0.1) is 0 Å². The molecule has 0 bridgehead atoms. The molecule has 0 aliphatic rings.